The predicted molar refractivity (Wildman–Crippen MR) is 60.4 cm³/mol. The Labute approximate surface area is 97.8 Å². The summed E-state index contributed by atoms with van der Waals surface area (Å²) in [5.74, 6) is 0.335. The fourth-order valence-electron chi connectivity index (χ4n) is 1.50. The highest BCUT2D eigenvalue weighted by Crippen LogP contribution is 2.15. The van der Waals surface area contributed by atoms with E-state index in [2.05, 4.69) is 10.3 Å². The number of benzene rings is 1. The molecule has 0 unspecified atom stereocenters. The Balaban J connectivity index is 2.28. The van der Waals surface area contributed by atoms with Crippen molar-refractivity contribution in [2.75, 3.05) is 5.88 Å². The van der Waals surface area contributed by atoms with Gasteiger partial charge in [0.2, 0.25) is 0 Å². The molecule has 0 atom stereocenters. The average Bonchev–Trinajstić information content (AvgIpc) is 2.81. The van der Waals surface area contributed by atoms with E-state index >= 15 is 0 Å². The SMILES string of the molecule is Fc1ccc(-n2ccnn2)cc1CCCCl. The largest absolute Gasteiger partial charge is 0.221 e. The van der Waals surface area contributed by atoms with Gasteiger partial charge in [0.1, 0.15) is 5.82 Å². The minimum absolute atomic E-state index is 0.200. The lowest BCUT2D eigenvalue weighted by molar-refractivity contribution is 0.606. The zero-order valence-corrected chi connectivity index (χ0v) is 9.36. The maximum Gasteiger partial charge on any atom is 0.126 e. The molecule has 0 saturated carbocycles. The van der Waals surface area contributed by atoms with Crippen molar-refractivity contribution in [1.29, 1.82) is 0 Å². The number of aryl methyl sites for hydroxylation is 1. The third kappa shape index (κ3) is 2.39. The van der Waals surface area contributed by atoms with E-state index in [0.717, 1.165) is 12.1 Å². The van der Waals surface area contributed by atoms with Crippen molar-refractivity contribution in [3.63, 3.8) is 0 Å². The fraction of sp³-hybridized carbons (Fsp3) is 0.273. The number of rotatable bonds is 4. The van der Waals surface area contributed by atoms with Crippen molar-refractivity contribution in [3.05, 3.63) is 42.0 Å². The van der Waals surface area contributed by atoms with Crippen LogP contribution in [0.5, 0.6) is 0 Å². The lowest BCUT2D eigenvalue weighted by atomic mass is 10.1. The molecule has 0 spiro atoms. The van der Waals surface area contributed by atoms with Crippen molar-refractivity contribution in [2.45, 2.75) is 12.8 Å². The summed E-state index contributed by atoms with van der Waals surface area (Å²) in [5, 5.41) is 7.57. The highest BCUT2D eigenvalue weighted by molar-refractivity contribution is 6.17. The van der Waals surface area contributed by atoms with Crippen molar-refractivity contribution in [1.82, 2.24) is 15.0 Å². The van der Waals surface area contributed by atoms with Crippen LogP contribution in [0.4, 0.5) is 4.39 Å². The number of aromatic nitrogens is 3. The number of hydrogen-bond acceptors (Lipinski definition) is 2. The van der Waals surface area contributed by atoms with Crippen molar-refractivity contribution in [2.24, 2.45) is 0 Å². The maximum absolute atomic E-state index is 13.4. The Kier molecular flexibility index (Phi) is 3.51. The molecule has 2 aromatic rings. The topological polar surface area (TPSA) is 30.7 Å². The molecule has 0 aliphatic carbocycles. The second kappa shape index (κ2) is 5.07. The van der Waals surface area contributed by atoms with E-state index in [-0.39, 0.29) is 5.82 Å². The van der Waals surface area contributed by atoms with E-state index < -0.39 is 0 Å². The summed E-state index contributed by atoms with van der Waals surface area (Å²) in [4.78, 5) is 0. The van der Waals surface area contributed by atoms with Crippen LogP contribution in [0.2, 0.25) is 0 Å². The Hall–Kier alpha value is -1.42. The van der Waals surface area contributed by atoms with E-state index in [1.165, 1.54) is 6.07 Å². The number of alkyl halides is 1. The van der Waals surface area contributed by atoms with E-state index in [1.54, 1.807) is 29.2 Å². The van der Waals surface area contributed by atoms with Gasteiger partial charge in [-0.25, -0.2) is 9.07 Å². The molecule has 16 heavy (non-hydrogen) atoms. The number of nitrogens with zero attached hydrogens (tertiary/aromatic N) is 3. The molecule has 0 bridgehead atoms. The van der Waals surface area contributed by atoms with Crippen molar-refractivity contribution >= 4 is 11.6 Å². The molecule has 0 N–H and O–H groups in total. The van der Waals surface area contributed by atoms with Gasteiger partial charge in [-0.15, -0.1) is 16.7 Å². The molecular formula is C11H11ClFN3. The minimum Gasteiger partial charge on any atom is -0.221 e. The smallest absolute Gasteiger partial charge is 0.126 e. The monoisotopic (exact) mass is 239 g/mol. The molecule has 0 amide bonds. The van der Waals surface area contributed by atoms with Crippen LogP contribution in [0, 0.1) is 5.82 Å². The molecule has 2 rings (SSSR count). The maximum atomic E-state index is 13.4. The van der Waals surface area contributed by atoms with Gasteiger partial charge in [-0.2, -0.15) is 0 Å². The summed E-state index contributed by atoms with van der Waals surface area (Å²) in [6, 6.07) is 4.89. The molecule has 1 heterocycles. The van der Waals surface area contributed by atoms with Crippen LogP contribution in [-0.2, 0) is 6.42 Å². The number of hydrogen-bond donors (Lipinski definition) is 0. The molecule has 0 radical (unpaired) electrons. The lowest BCUT2D eigenvalue weighted by Gasteiger charge is -2.05. The summed E-state index contributed by atoms with van der Waals surface area (Å²) in [5.41, 5.74) is 1.47. The summed E-state index contributed by atoms with van der Waals surface area (Å²) in [6.07, 6.45) is 4.71. The lowest BCUT2D eigenvalue weighted by Crippen LogP contribution is -1.99. The zero-order valence-electron chi connectivity index (χ0n) is 8.61. The molecule has 5 heteroatoms. The third-order valence-electron chi connectivity index (χ3n) is 2.30. The van der Waals surface area contributed by atoms with Crippen LogP contribution >= 0.6 is 11.6 Å². The van der Waals surface area contributed by atoms with Gasteiger partial charge in [-0.3, -0.25) is 0 Å². The summed E-state index contributed by atoms with van der Waals surface area (Å²) in [7, 11) is 0. The van der Waals surface area contributed by atoms with Gasteiger partial charge in [0, 0.05) is 5.88 Å². The van der Waals surface area contributed by atoms with Crippen LogP contribution in [0.15, 0.2) is 30.6 Å². The fourth-order valence-corrected chi connectivity index (χ4v) is 1.63. The number of halogens is 2. The first kappa shape index (κ1) is 11.1. The van der Waals surface area contributed by atoms with Gasteiger partial charge in [-0.05, 0) is 36.6 Å². The molecule has 0 fully saturated rings. The molecule has 1 aromatic heterocycles. The van der Waals surface area contributed by atoms with Crippen LogP contribution in [-0.4, -0.2) is 20.9 Å². The van der Waals surface area contributed by atoms with Crippen LogP contribution < -0.4 is 0 Å². The molecular weight excluding hydrogens is 229 g/mol. The quantitative estimate of drug-likeness (QED) is 0.768. The van der Waals surface area contributed by atoms with Gasteiger partial charge in [0.25, 0.3) is 0 Å². The predicted octanol–water partition coefficient (Wildman–Crippen LogP) is 2.58. The van der Waals surface area contributed by atoms with E-state index in [4.69, 9.17) is 11.6 Å². The first-order chi connectivity index (χ1) is 7.81. The van der Waals surface area contributed by atoms with Crippen LogP contribution in [0.1, 0.15) is 12.0 Å². The Morgan fingerprint density at radius 1 is 1.38 bits per heavy atom. The molecule has 0 aliphatic heterocycles. The zero-order chi connectivity index (χ0) is 11.4. The van der Waals surface area contributed by atoms with Gasteiger partial charge in [0.15, 0.2) is 0 Å². The van der Waals surface area contributed by atoms with Crippen LogP contribution in [0.25, 0.3) is 5.69 Å². The molecule has 3 nitrogen and oxygen atoms in total. The van der Waals surface area contributed by atoms with Crippen LogP contribution in [0.3, 0.4) is 0 Å². The molecule has 0 saturated heterocycles. The summed E-state index contributed by atoms with van der Waals surface area (Å²) < 4.78 is 15.0. The minimum atomic E-state index is -0.200. The Bertz CT molecular complexity index is 456. The molecule has 1 aromatic carbocycles. The van der Waals surface area contributed by atoms with Gasteiger partial charge >= 0.3 is 0 Å². The second-order valence-electron chi connectivity index (χ2n) is 3.42. The Morgan fingerprint density at radius 3 is 2.94 bits per heavy atom. The summed E-state index contributed by atoms with van der Waals surface area (Å²) in [6.45, 7) is 0. The first-order valence-electron chi connectivity index (χ1n) is 5.02. The Morgan fingerprint density at radius 2 is 2.25 bits per heavy atom. The third-order valence-corrected chi connectivity index (χ3v) is 2.56. The van der Waals surface area contributed by atoms with Crippen molar-refractivity contribution in [3.8, 4) is 5.69 Å². The average molecular weight is 240 g/mol. The van der Waals surface area contributed by atoms with Crippen molar-refractivity contribution < 1.29 is 4.39 Å². The van der Waals surface area contributed by atoms with Gasteiger partial charge in [-0.1, -0.05) is 5.21 Å². The van der Waals surface area contributed by atoms with E-state index in [0.29, 0.717) is 17.9 Å². The van der Waals surface area contributed by atoms with E-state index in [9.17, 15) is 4.39 Å². The second-order valence-corrected chi connectivity index (χ2v) is 3.79. The highest BCUT2D eigenvalue weighted by Gasteiger charge is 2.05. The standard InChI is InChI=1S/C11H11ClFN3/c12-5-1-2-9-8-10(3-4-11(9)13)16-7-6-14-15-16/h3-4,6-8H,1-2,5H2. The summed E-state index contributed by atoms with van der Waals surface area (Å²) >= 11 is 5.59. The first-order valence-corrected chi connectivity index (χ1v) is 5.56. The van der Waals surface area contributed by atoms with Gasteiger partial charge < -0.3 is 0 Å². The highest BCUT2D eigenvalue weighted by atomic mass is 35.5. The normalized spacial score (nSPS) is 10.6. The molecule has 0 aliphatic rings. The van der Waals surface area contributed by atoms with E-state index in [1.807, 2.05) is 0 Å². The molecule has 84 valence electrons. The van der Waals surface area contributed by atoms with Gasteiger partial charge in [0.05, 0.1) is 18.1 Å².